The predicted molar refractivity (Wildman–Crippen MR) is 155 cm³/mol. The van der Waals surface area contributed by atoms with Crippen molar-refractivity contribution >= 4 is 34.8 Å². The molecular formula is C32H40N2O7. The lowest BCUT2D eigenvalue weighted by Crippen LogP contribution is -2.57. The molecule has 2 aromatic carbocycles. The number of carboxylic acid groups (broad SMARTS) is 1. The number of ether oxygens (including phenoxy) is 3. The molecular weight excluding hydrogens is 524 g/mol. The largest absolute Gasteiger partial charge is 0.496 e. The van der Waals surface area contributed by atoms with E-state index in [9.17, 15) is 19.5 Å². The van der Waals surface area contributed by atoms with Crippen LogP contribution in [0.25, 0.3) is 16.8 Å². The zero-order chi connectivity index (χ0) is 29.6. The van der Waals surface area contributed by atoms with E-state index in [0.29, 0.717) is 0 Å². The number of amides is 2. The molecule has 2 amide bonds. The Morgan fingerprint density at radius 1 is 1.10 bits per heavy atom. The van der Waals surface area contributed by atoms with Crippen molar-refractivity contribution < 1.29 is 33.7 Å². The molecule has 5 rings (SSSR count). The van der Waals surface area contributed by atoms with Crippen LogP contribution in [0.4, 0.5) is 4.79 Å². The van der Waals surface area contributed by atoms with Crippen LogP contribution in [0.5, 0.6) is 5.75 Å². The van der Waals surface area contributed by atoms with Gasteiger partial charge in [0.2, 0.25) is 5.91 Å². The van der Waals surface area contributed by atoms with Crippen molar-refractivity contribution in [2.45, 2.75) is 70.6 Å². The van der Waals surface area contributed by atoms with E-state index < -0.39 is 41.1 Å². The minimum Gasteiger partial charge on any atom is -0.496 e. The molecule has 5 bridgehead atoms. The fourth-order valence-electron chi connectivity index (χ4n) is 6.19. The van der Waals surface area contributed by atoms with Crippen molar-refractivity contribution in [3.05, 3.63) is 47.5 Å². The molecule has 3 atom stereocenters. The molecule has 1 aliphatic carbocycles. The highest BCUT2D eigenvalue weighted by atomic mass is 16.5. The topological polar surface area (TPSA) is 114 Å². The molecule has 2 aliphatic heterocycles. The number of fused-ring (bicyclic) bond motifs is 5. The van der Waals surface area contributed by atoms with Gasteiger partial charge >= 0.3 is 12.1 Å². The normalized spacial score (nSPS) is 27.2. The van der Waals surface area contributed by atoms with Crippen molar-refractivity contribution in [2.75, 3.05) is 27.4 Å². The Hall–Kier alpha value is -3.59. The maximum atomic E-state index is 14.0. The van der Waals surface area contributed by atoms with Gasteiger partial charge in [0.15, 0.2) is 0 Å². The fraction of sp³-hybridized carbons (Fsp3) is 0.531. The monoisotopic (exact) mass is 564 g/mol. The Morgan fingerprint density at radius 2 is 1.85 bits per heavy atom. The third-order valence-corrected chi connectivity index (χ3v) is 9.04. The molecule has 2 aromatic rings. The molecule has 2 fully saturated rings. The Labute approximate surface area is 240 Å². The maximum Gasteiger partial charge on any atom is 0.407 e. The van der Waals surface area contributed by atoms with Crippen LogP contribution in [0, 0.1) is 10.8 Å². The molecule has 2 N–H and O–H groups in total. The highest BCUT2D eigenvalue weighted by Gasteiger charge is 2.53. The van der Waals surface area contributed by atoms with Gasteiger partial charge in [-0.1, -0.05) is 45.1 Å². The summed E-state index contributed by atoms with van der Waals surface area (Å²) in [4.78, 5) is 40.7. The van der Waals surface area contributed by atoms with Crippen LogP contribution in [-0.2, 0) is 24.7 Å². The highest BCUT2D eigenvalue weighted by Crippen LogP contribution is 2.52. The second-order valence-corrected chi connectivity index (χ2v) is 12.8. The van der Waals surface area contributed by atoms with Gasteiger partial charge < -0.3 is 29.5 Å². The van der Waals surface area contributed by atoms with Crippen molar-refractivity contribution in [1.82, 2.24) is 10.2 Å². The number of nitrogens with one attached hydrogen (secondary N) is 1. The Balaban J connectivity index is 1.61. The number of benzene rings is 2. The summed E-state index contributed by atoms with van der Waals surface area (Å²) in [5.74, 6) is -0.841. The first-order valence-corrected chi connectivity index (χ1v) is 14.2. The number of aliphatic carboxylic acids is 1. The van der Waals surface area contributed by atoms with Gasteiger partial charge in [-0.25, -0.2) is 9.59 Å². The zero-order valence-corrected chi connectivity index (χ0v) is 24.5. The first kappa shape index (κ1) is 28.9. The minimum absolute atomic E-state index is 0.0273. The molecule has 1 spiro atoms. The quantitative estimate of drug-likeness (QED) is 0.533. The molecule has 9 nitrogen and oxygen atoms in total. The van der Waals surface area contributed by atoms with Crippen LogP contribution < -0.4 is 10.1 Å². The number of methoxy groups -OCH3 is 2. The fourth-order valence-corrected chi connectivity index (χ4v) is 6.19. The van der Waals surface area contributed by atoms with Crippen molar-refractivity contribution in [2.24, 2.45) is 10.8 Å². The Bertz CT molecular complexity index is 1390. The molecule has 220 valence electrons. The van der Waals surface area contributed by atoms with E-state index in [1.807, 2.05) is 45.0 Å². The summed E-state index contributed by atoms with van der Waals surface area (Å²) in [6.45, 7) is 5.77. The van der Waals surface area contributed by atoms with Crippen LogP contribution in [0.1, 0.15) is 64.0 Å². The average molecular weight is 565 g/mol. The number of carboxylic acids is 1. The summed E-state index contributed by atoms with van der Waals surface area (Å²) in [5, 5.41) is 14.9. The second kappa shape index (κ2) is 10.7. The van der Waals surface area contributed by atoms with E-state index >= 15 is 0 Å². The molecule has 1 saturated carbocycles. The molecule has 0 aromatic heterocycles. The van der Waals surface area contributed by atoms with Crippen molar-refractivity contribution in [1.29, 1.82) is 0 Å². The number of carbonyl (C=O) groups is 3. The first-order chi connectivity index (χ1) is 19.4. The van der Waals surface area contributed by atoms with E-state index in [1.165, 1.54) is 4.90 Å². The molecule has 0 radical (unpaired) electrons. The SMILES string of the molecule is COc1cc2ccc3cc2cc1/C=C/CC1(CCOC(=O)N[C@@H](C(C)(C)C)C(=O)N2C[C@@]3(OC)C[C@H]2C(=O)O)CC1. The lowest BCUT2D eigenvalue weighted by Gasteiger charge is -2.35. The van der Waals surface area contributed by atoms with E-state index in [2.05, 4.69) is 23.5 Å². The van der Waals surface area contributed by atoms with Crippen LogP contribution in [0.3, 0.4) is 0 Å². The van der Waals surface area contributed by atoms with E-state index in [1.54, 1.807) is 14.2 Å². The van der Waals surface area contributed by atoms with Crippen molar-refractivity contribution in [3.8, 4) is 5.75 Å². The summed E-state index contributed by atoms with van der Waals surface area (Å²) in [5.41, 5.74) is 0.0708. The standard InChI is InChI=1S/C32H40N2O7/c1-30(2,3)26-27(35)34-19-32(40-5,18-24(34)28(36)37)23-9-8-20-17-25(39-4)21(15-22(20)16-23)7-6-10-31(11-12-31)13-14-41-29(38)33-26/h6-9,15-17,24,26H,10-14,18-19H2,1-5H3,(H,33,38)(H,36,37)/b7-6+/t24-,26+,32-/m0/s1. The smallest absolute Gasteiger partial charge is 0.407 e. The van der Waals surface area contributed by atoms with Gasteiger partial charge in [0.05, 0.1) is 20.3 Å². The third kappa shape index (κ3) is 5.64. The number of hydrogen-bond acceptors (Lipinski definition) is 6. The number of cyclic esters (lactones) is 1. The molecule has 3 aliphatic rings. The third-order valence-electron chi connectivity index (χ3n) is 9.04. The first-order valence-electron chi connectivity index (χ1n) is 14.2. The van der Waals surface area contributed by atoms with Gasteiger partial charge in [-0.05, 0) is 71.0 Å². The highest BCUT2D eigenvalue weighted by molar-refractivity contribution is 5.91. The number of allylic oxidation sites excluding steroid dienone is 1. The van der Waals surface area contributed by atoms with Crippen LogP contribution >= 0.6 is 0 Å². The summed E-state index contributed by atoms with van der Waals surface area (Å²) < 4.78 is 17.3. The van der Waals surface area contributed by atoms with Crippen LogP contribution in [-0.4, -0.2) is 67.4 Å². The van der Waals surface area contributed by atoms with Crippen molar-refractivity contribution in [3.63, 3.8) is 0 Å². The van der Waals surface area contributed by atoms with E-state index in [4.69, 9.17) is 14.2 Å². The number of carbonyl (C=O) groups excluding carboxylic acids is 2. The summed E-state index contributed by atoms with van der Waals surface area (Å²) >= 11 is 0. The predicted octanol–water partition coefficient (Wildman–Crippen LogP) is 5.10. The molecule has 2 heterocycles. The van der Waals surface area contributed by atoms with Gasteiger partial charge in [0.25, 0.3) is 0 Å². The Kier molecular flexibility index (Phi) is 7.53. The van der Waals surface area contributed by atoms with Crippen LogP contribution in [0.2, 0.25) is 0 Å². The van der Waals surface area contributed by atoms with E-state index in [0.717, 1.165) is 53.3 Å². The Morgan fingerprint density at radius 3 is 2.49 bits per heavy atom. The lowest BCUT2D eigenvalue weighted by molar-refractivity contribution is -0.150. The lowest BCUT2D eigenvalue weighted by atomic mass is 9.85. The molecule has 9 heteroatoms. The maximum absolute atomic E-state index is 14.0. The van der Waals surface area contributed by atoms with E-state index in [-0.39, 0.29) is 25.0 Å². The van der Waals surface area contributed by atoms with Gasteiger partial charge in [-0.3, -0.25) is 4.79 Å². The molecule has 0 unspecified atom stereocenters. The second-order valence-electron chi connectivity index (χ2n) is 12.8. The summed E-state index contributed by atoms with van der Waals surface area (Å²) in [6.07, 6.45) is 7.33. The zero-order valence-electron chi connectivity index (χ0n) is 24.5. The minimum atomic E-state index is -1.13. The summed E-state index contributed by atoms with van der Waals surface area (Å²) in [7, 11) is 3.19. The number of rotatable bonds is 3. The van der Waals surface area contributed by atoms with Gasteiger partial charge in [-0.2, -0.15) is 0 Å². The van der Waals surface area contributed by atoms with Gasteiger partial charge in [0, 0.05) is 19.1 Å². The van der Waals surface area contributed by atoms with Crippen LogP contribution in [0.15, 0.2) is 36.4 Å². The number of alkyl carbamates (subject to hydrolysis) is 1. The molecule has 41 heavy (non-hydrogen) atoms. The van der Waals surface area contributed by atoms with Gasteiger partial charge in [-0.15, -0.1) is 0 Å². The number of hydrogen-bond donors (Lipinski definition) is 2. The average Bonchev–Trinajstić information content (AvgIpc) is 3.57. The van der Waals surface area contributed by atoms with Gasteiger partial charge in [0.1, 0.15) is 23.4 Å². The summed E-state index contributed by atoms with van der Waals surface area (Å²) in [6, 6.07) is 7.85. The number of nitrogens with zero attached hydrogens (tertiary/aromatic N) is 1. The molecule has 1 saturated heterocycles.